The molecule has 0 atom stereocenters. The number of fused-ring (bicyclic) bond motifs is 1. The summed E-state index contributed by atoms with van der Waals surface area (Å²) in [6, 6.07) is 11.5. The number of benzene rings is 1. The molecule has 0 radical (unpaired) electrons. The van der Waals surface area contributed by atoms with Crippen LogP contribution < -0.4 is 11.1 Å². The van der Waals surface area contributed by atoms with Crippen LogP contribution in [-0.2, 0) is 12.8 Å². The van der Waals surface area contributed by atoms with E-state index < -0.39 is 4.92 Å². The van der Waals surface area contributed by atoms with Crippen LogP contribution in [0.15, 0.2) is 36.4 Å². The van der Waals surface area contributed by atoms with Gasteiger partial charge in [0.1, 0.15) is 5.82 Å². The summed E-state index contributed by atoms with van der Waals surface area (Å²) in [5, 5.41) is 14.0. The highest BCUT2D eigenvalue weighted by atomic mass is 16.6. The van der Waals surface area contributed by atoms with Gasteiger partial charge in [0.2, 0.25) is 5.82 Å². The fraction of sp³-hybridized carbons (Fsp3) is 0.214. The number of nitrogen functional groups attached to an aromatic ring is 1. The van der Waals surface area contributed by atoms with Gasteiger partial charge in [-0.2, -0.15) is 0 Å². The predicted molar refractivity (Wildman–Crippen MR) is 76.6 cm³/mol. The van der Waals surface area contributed by atoms with Crippen LogP contribution in [0.2, 0.25) is 0 Å². The lowest BCUT2D eigenvalue weighted by Crippen LogP contribution is -2.20. The van der Waals surface area contributed by atoms with Crippen molar-refractivity contribution in [3.8, 4) is 0 Å². The lowest BCUT2D eigenvalue weighted by Gasteiger charge is -2.12. The Morgan fingerprint density at radius 1 is 1.20 bits per heavy atom. The third-order valence-electron chi connectivity index (χ3n) is 3.50. The largest absolute Gasteiger partial charge is 0.378 e. The summed E-state index contributed by atoms with van der Waals surface area (Å²) in [7, 11) is 0. The van der Waals surface area contributed by atoms with E-state index in [1.165, 1.54) is 17.2 Å². The van der Waals surface area contributed by atoms with Crippen LogP contribution in [0.3, 0.4) is 0 Å². The number of nitrogens with one attached hydrogen (secondary N) is 1. The molecule has 0 fully saturated rings. The summed E-state index contributed by atoms with van der Waals surface area (Å²) in [6.07, 6.45) is 1.85. The highest BCUT2D eigenvalue weighted by Gasteiger charge is 2.21. The van der Waals surface area contributed by atoms with Gasteiger partial charge in [0.05, 0.1) is 4.92 Å². The molecule has 1 aliphatic carbocycles. The van der Waals surface area contributed by atoms with Crippen molar-refractivity contribution in [2.24, 2.45) is 0 Å². The van der Waals surface area contributed by atoms with Crippen molar-refractivity contribution in [3.05, 3.63) is 57.6 Å². The molecule has 1 aliphatic rings. The monoisotopic (exact) mass is 270 g/mol. The third kappa shape index (κ3) is 2.27. The van der Waals surface area contributed by atoms with Crippen LogP contribution in [0, 0.1) is 10.1 Å². The number of nitrogens with zero attached hydrogens (tertiary/aromatic N) is 2. The average Bonchev–Trinajstić information content (AvgIpc) is 2.80. The molecule has 0 saturated carbocycles. The van der Waals surface area contributed by atoms with Crippen LogP contribution >= 0.6 is 0 Å². The molecule has 6 heteroatoms. The lowest BCUT2D eigenvalue weighted by atomic mass is 10.1. The van der Waals surface area contributed by atoms with Gasteiger partial charge in [0.15, 0.2) is 0 Å². The Labute approximate surface area is 115 Å². The number of hydrogen-bond donors (Lipinski definition) is 2. The topological polar surface area (TPSA) is 94.1 Å². The van der Waals surface area contributed by atoms with Crippen molar-refractivity contribution in [1.82, 2.24) is 4.98 Å². The maximum Gasteiger partial charge on any atom is 0.311 e. The molecule has 20 heavy (non-hydrogen) atoms. The second-order valence-corrected chi connectivity index (χ2v) is 4.88. The van der Waals surface area contributed by atoms with Gasteiger partial charge in [0.25, 0.3) is 0 Å². The Morgan fingerprint density at radius 2 is 1.85 bits per heavy atom. The Balaban J connectivity index is 1.74. The molecular weight excluding hydrogens is 256 g/mol. The molecule has 1 heterocycles. The molecule has 0 bridgehead atoms. The molecule has 0 aliphatic heterocycles. The van der Waals surface area contributed by atoms with E-state index in [4.69, 9.17) is 5.73 Å². The van der Waals surface area contributed by atoms with Crippen LogP contribution in [0.4, 0.5) is 17.3 Å². The zero-order valence-electron chi connectivity index (χ0n) is 10.7. The summed E-state index contributed by atoms with van der Waals surface area (Å²) in [5.41, 5.74) is 8.09. The van der Waals surface area contributed by atoms with E-state index in [9.17, 15) is 10.1 Å². The predicted octanol–water partition coefficient (Wildman–Crippen LogP) is 2.15. The number of rotatable bonds is 3. The number of anilines is 2. The Bertz CT molecular complexity index is 647. The molecule has 1 aromatic heterocycles. The summed E-state index contributed by atoms with van der Waals surface area (Å²) < 4.78 is 0. The molecule has 0 amide bonds. The van der Waals surface area contributed by atoms with Crippen molar-refractivity contribution in [2.75, 3.05) is 11.1 Å². The molecule has 0 saturated heterocycles. The molecule has 2 aromatic rings. The molecule has 6 nitrogen and oxygen atoms in total. The number of hydrogen-bond acceptors (Lipinski definition) is 5. The zero-order chi connectivity index (χ0) is 14.1. The van der Waals surface area contributed by atoms with Gasteiger partial charge in [-0.05, 0) is 30.0 Å². The van der Waals surface area contributed by atoms with Gasteiger partial charge < -0.3 is 11.1 Å². The molecule has 0 unspecified atom stereocenters. The smallest absolute Gasteiger partial charge is 0.311 e. The molecule has 3 rings (SSSR count). The van der Waals surface area contributed by atoms with E-state index in [0.717, 1.165) is 12.8 Å². The van der Waals surface area contributed by atoms with E-state index in [1.54, 1.807) is 6.07 Å². The number of nitro groups is 1. The summed E-state index contributed by atoms with van der Waals surface area (Å²) in [5.74, 6) is 0.515. The molecule has 3 N–H and O–H groups in total. The summed E-state index contributed by atoms with van der Waals surface area (Å²) in [6.45, 7) is 0. The number of aromatic nitrogens is 1. The van der Waals surface area contributed by atoms with E-state index in [2.05, 4.69) is 22.4 Å². The van der Waals surface area contributed by atoms with E-state index in [-0.39, 0.29) is 17.5 Å². The van der Waals surface area contributed by atoms with Crippen molar-refractivity contribution < 1.29 is 4.92 Å². The minimum atomic E-state index is -0.530. The van der Waals surface area contributed by atoms with Crippen molar-refractivity contribution >= 4 is 17.3 Å². The van der Waals surface area contributed by atoms with Gasteiger partial charge in [-0.1, -0.05) is 24.3 Å². The highest BCUT2D eigenvalue weighted by Crippen LogP contribution is 2.26. The summed E-state index contributed by atoms with van der Waals surface area (Å²) in [4.78, 5) is 14.2. The second kappa shape index (κ2) is 4.80. The Hall–Kier alpha value is -2.63. The summed E-state index contributed by atoms with van der Waals surface area (Å²) >= 11 is 0. The molecule has 0 spiro atoms. The molecule has 102 valence electrons. The Kier molecular flexibility index (Phi) is 2.98. The van der Waals surface area contributed by atoms with Crippen LogP contribution in [0.25, 0.3) is 0 Å². The maximum atomic E-state index is 10.7. The lowest BCUT2D eigenvalue weighted by molar-refractivity contribution is -0.384. The minimum absolute atomic E-state index is 0.0597. The van der Waals surface area contributed by atoms with Crippen molar-refractivity contribution in [1.29, 1.82) is 0 Å². The number of nitrogens with two attached hydrogens (primary N) is 1. The standard InChI is InChI=1S/C14H14N4O2/c15-14-12(18(19)20)5-6-13(17-14)16-11-7-9-3-1-2-4-10(9)8-11/h1-6,11H,7-8H2,(H3,15,16,17). The quantitative estimate of drug-likeness (QED) is 0.658. The van der Waals surface area contributed by atoms with Crippen LogP contribution in [0.5, 0.6) is 0 Å². The van der Waals surface area contributed by atoms with E-state index in [1.807, 2.05) is 12.1 Å². The Morgan fingerprint density at radius 3 is 2.40 bits per heavy atom. The first kappa shape index (κ1) is 12.4. The number of pyridine rings is 1. The van der Waals surface area contributed by atoms with Crippen LogP contribution in [-0.4, -0.2) is 15.9 Å². The first-order valence-electron chi connectivity index (χ1n) is 6.37. The van der Waals surface area contributed by atoms with Gasteiger partial charge in [-0.25, -0.2) is 4.98 Å². The average molecular weight is 270 g/mol. The second-order valence-electron chi connectivity index (χ2n) is 4.88. The van der Waals surface area contributed by atoms with Crippen LogP contribution in [0.1, 0.15) is 11.1 Å². The zero-order valence-corrected chi connectivity index (χ0v) is 10.7. The van der Waals surface area contributed by atoms with Gasteiger partial charge in [-0.15, -0.1) is 0 Å². The first-order valence-corrected chi connectivity index (χ1v) is 6.37. The van der Waals surface area contributed by atoms with Crippen molar-refractivity contribution in [2.45, 2.75) is 18.9 Å². The highest BCUT2D eigenvalue weighted by molar-refractivity contribution is 5.57. The molecule has 1 aromatic carbocycles. The van der Waals surface area contributed by atoms with Gasteiger partial charge >= 0.3 is 5.69 Å². The van der Waals surface area contributed by atoms with Gasteiger partial charge in [0, 0.05) is 12.1 Å². The molecular formula is C14H14N4O2. The minimum Gasteiger partial charge on any atom is -0.378 e. The van der Waals surface area contributed by atoms with E-state index >= 15 is 0 Å². The van der Waals surface area contributed by atoms with Gasteiger partial charge in [-0.3, -0.25) is 10.1 Å². The fourth-order valence-electron chi connectivity index (χ4n) is 2.57. The first-order chi connectivity index (χ1) is 9.63. The third-order valence-corrected chi connectivity index (χ3v) is 3.50. The fourth-order valence-corrected chi connectivity index (χ4v) is 2.57. The van der Waals surface area contributed by atoms with E-state index in [0.29, 0.717) is 5.82 Å². The maximum absolute atomic E-state index is 10.7. The normalized spacial score (nSPS) is 14.0. The SMILES string of the molecule is Nc1nc(NC2Cc3ccccc3C2)ccc1[N+](=O)[O-]. The van der Waals surface area contributed by atoms with Crippen molar-refractivity contribution in [3.63, 3.8) is 0 Å².